The van der Waals surface area contributed by atoms with E-state index in [9.17, 15) is 5.11 Å². The van der Waals surface area contributed by atoms with Gasteiger partial charge in [-0.25, -0.2) is 0 Å². The zero-order valence-corrected chi connectivity index (χ0v) is 13.1. The molecule has 0 amide bonds. The van der Waals surface area contributed by atoms with Crippen molar-refractivity contribution in [1.82, 2.24) is 5.43 Å². The molecule has 0 aliphatic heterocycles. The predicted octanol–water partition coefficient (Wildman–Crippen LogP) is 3.03. The summed E-state index contributed by atoms with van der Waals surface area (Å²) in [4.78, 5) is 0. The van der Waals surface area contributed by atoms with Crippen LogP contribution in [0.25, 0.3) is 0 Å². The predicted molar refractivity (Wildman–Crippen MR) is 92.8 cm³/mol. The highest BCUT2D eigenvalue weighted by Crippen LogP contribution is 2.20. The molecule has 2 aromatic rings. The van der Waals surface area contributed by atoms with Gasteiger partial charge in [-0.3, -0.25) is 5.43 Å². The summed E-state index contributed by atoms with van der Waals surface area (Å²) in [5.74, 6) is 0.753. The number of hydrazone groups is 1. The maximum atomic E-state index is 9.74. The summed E-state index contributed by atoms with van der Waals surface area (Å²) in [6.07, 6.45) is 1.47. The molecule has 2 aromatic carbocycles. The van der Waals surface area contributed by atoms with Gasteiger partial charge in [0, 0.05) is 11.3 Å². The zero-order valence-electron chi connectivity index (χ0n) is 12.3. The maximum absolute atomic E-state index is 9.74. The van der Waals surface area contributed by atoms with Crippen LogP contribution in [0.3, 0.4) is 0 Å². The van der Waals surface area contributed by atoms with E-state index in [0.29, 0.717) is 16.4 Å². The molecule has 0 saturated heterocycles. The monoisotopic (exact) mass is 315 g/mol. The fourth-order valence-electron chi connectivity index (χ4n) is 1.81. The van der Waals surface area contributed by atoms with Crippen molar-refractivity contribution in [1.29, 1.82) is 0 Å². The first-order valence-electron chi connectivity index (χ1n) is 6.62. The van der Waals surface area contributed by atoms with E-state index in [-0.39, 0.29) is 5.75 Å². The van der Waals surface area contributed by atoms with Crippen LogP contribution in [-0.4, -0.2) is 23.5 Å². The van der Waals surface area contributed by atoms with E-state index >= 15 is 0 Å². The van der Waals surface area contributed by atoms with Gasteiger partial charge in [0.25, 0.3) is 0 Å². The minimum Gasteiger partial charge on any atom is -0.507 e. The van der Waals surface area contributed by atoms with E-state index in [4.69, 9.17) is 17.0 Å². The van der Waals surface area contributed by atoms with Gasteiger partial charge in [0.1, 0.15) is 11.5 Å². The van der Waals surface area contributed by atoms with Gasteiger partial charge in [-0.05, 0) is 55.0 Å². The number of aryl methyl sites for hydroxylation is 1. The fourth-order valence-corrected chi connectivity index (χ4v) is 1.98. The molecule has 0 atom stereocenters. The molecule has 0 saturated carbocycles. The van der Waals surface area contributed by atoms with E-state index in [1.165, 1.54) is 6.21 Å². The van der Waals surface area contributed by atoms with Crippen LogP contribution in [-0.2, 0) is 0 Å². The number of phenolic OH excluding ortho intramolecular Hbond substituents is 1. The Morgan fingerprint density at radius 3 is 2.82 bits per heavy atom. The van der Waals surface area contributed by atoms with Crippen molar-refractivity contribution >= 4 is 29.2 Å². The van der Waals surface area contributed by atoms with Gasteiger partial charge in [-0.2, -0.15) is 5.10 Å². The number of hydrogen-bond acceptors (Lipinski definition) is 4. The summed E-state index contributed by atoms with van der Waals surface area (Å²) >= 11 is 5.15. The number of methoxy groups -OCH3 is 1. The Morgan fingerprint density at radius 2 is 2.09 bits per heavy atom. The molecular weight excluding hydrogens is 298 g/mol. The summed E-state index contributed by atoms with van der Waals surface area (Å²) < 4.78 is 5.10. The number of nitrogens with one attached hydrogen (secondary N) is 2. The van der Waals surface area contributed by atoms with Crippen LogP contribution < -0.4 is 15.5 Å². The number of rotatable bonds is 4. The molecule has 0 heterocycles. The molecule has 6 heteroatoms. The Hall–Kier alpha value is -2.60. The van der Waals surface area contributed by atoms with Crippen molar-refractivity contribution in [2.75, 3.05) is 12.4 Å². The van der Waals surface area contributed by atoms with Crippen molar-refractivity contribution in [2.45, 2.75) is 6.92 Å². The largest absolute Gasteiger partial charge is 0.507 e. The van der Waals surface area contributed by atoms with Gasteiger partial charge < -0.3 is 15.2 Å². The highest BCUT2D eigenvalue weighted by molar-refractivity contribution is 7.80. The van der Waals surface area contributed by atoms with Crippen molar-refractivity contribution in [2.24, 2.45) is 5.10 Å². The van der Waals surface area contributed by atoms with Gasteiger partial charge in [0.2, 0.25) is 0 Å². The lowest BCUT2D eigenvalue weighted by atomic mass is 10.2. The van der Waals surface area contributed by atoms with Crippen molar-refractivity contribution in [3.63, 3.8) is 0 Å². The highest BCUT2D eigenvalue weighted by atomic mass is 32.1. The lowest BCUT2D eigenvalue weighted by molar-refractivity contribution is 0.412. The molecule has 0 radical (unpaired) electrons. The van der Waals surface area contributed by atoms with Crippen LogP contribution >= 0.6 is 12.2 Å². The Balaban J connectivity index is 1.96. The Morgan fingerprint density at radius 1 is 1.27 bits per heavy atom. The van der Waals surface area contributed by atoms with Crippen LogP contribution in [0.2, 0.25) is 0 Å². The quantitative estimate of drug-likeness (QED) is 0.460. The van der Waals surface area contributed by atoms with Crippen LogP contribution in [0, 0.1) is 6.92 Å². The summed E-state index contributed by atoms with van der Waals surface area (Å²) in [7, 11) is 1.56. The van der Waals surface area contributed by atoms with Crippen molar-refractivity contribution < 1.29 is 9.84 Å². The lowest BCUT2D eigenvalue weighted by Crippen LogP contribution is -2.23. The number of benzene rings is 2. The first-order chi connectivity index (χ1) is 10.6. The number of ether oxygens (including phenoxy) is 1. The number of hydrogen-bond donors (Lipinski definition) is 3. The summed E-state index contributed by atoms with van der Waals surface area (Å²) in [5.41, 5.74) is 5.26. The van der Waals surface area contributed by atoms with Crippen LogP contribution in [0.1, 0.15) is 11.1 Å². The molecule has 0 bridgehead atoms. The Bertz CT molecular complexity index is 702. The average molecular weight is 315 g/mol. The number of anilines is 1. The number of thiocarbonyl (C=S) groups is 1. The van der Waals surface area contributed by atoms with E-state index < -0.39 is 0 Å². The van der Waals surface area contributed by atoms with Crippen LogP contribution in [0.4, 0.5) is 5.69 Å². The van der Waals surface area contributed by atoms with E-state index in [2.05, 4.69) is 15.8 Å². The van der Waals surface area contributed by atoms with Crippen molar-refractivity contribution in [3.8, 4) is 11.5 Å². The number of phenols is 1. The molecule has 22 heavy (non-hydrogen) atoms. The highest BCUT2D eigenvalue weighted by Gasteiger charge is 2.01. The first kappa shape index (κ1) is 15.8. The maximum Gasteiger partial charge on any atom is 0.191 e. The van der Waals surface area contributed by atoms with Gasteiger partial charge in [-0.15, -0.1) is 0 Å². The molecule has 2 rings (SSSR count). The number of aromatic hydroxyl groups is 1. The van der Waals surface area contributed by atoms with E-state index in [1.807, 2.05) is 31.2 Å². The average Bonchev–Trinajstić information content (AvgIpc) is 2.49. The van der Waals surface area contributed by atoms with E-state index in [0.717, 1.165) is 11.3 Å². The smallest absolute Gasteiger partial charge is 0.191 e. The van der Waals surface area contributed by atoms with E-state index in [1.54, 1.807) is 25.3 Å². The van der Waals surface area contributed by atoms with Gasteiger partial charge >= 0.3 is 0 Å². The number of nitrogens with zero attached hydrogens (tertiary/aromatic N) is 1. The molecule has 0 unspecified atom stereocenters. The molecule has 0 aromatic heterocycles. The van der Waals surface area contributed by atoms with Crippen LogP contribution in [0.5, 0.6) is 11.5 Å². The standard InChI is InChI=1S/C16H17N3O2S/c1-11-4-3-5-13(8-11)18-16(22)19-17-10-12-9-14(21-2)6-7-15(12)20/h3-10,20H,1-2H3,(H2,18,19,22)/b17-10-. The summed E-state index contributed by atoms with van der Waals surface area (Å²) in [6.45, 7) is 2.01. The first-order valence-corrected chi connectivity index (χ1v) is 7.03. The van der Waals surface area contributed by atoms with Gasteiger partial charge in [0.05, 0.1) is 13.3 Å². The summed E-state index contributed by atoms with van der Waals surface area (Å²) in [6, 6.07) is 12.7. The Kier molecular flexibility index (Phi) is 5.32. The lowest BCUT2D eigenvalue weighted by Gasteiger charge is -2.07. The molecule has 114 valence electrons. The molecule has 0 spiro atoms. The molecule has 3 N–H and O–H groups in total. The third kappa shape index (κ3) is 4.46. The molecular formula is C16H17N3O2S. The van der Waals surface area contributed by atoms with Gasteiger partial charge in [-0.1, -0.05) is 12.1 Å². The minimum absolute atomic E-state index is 0.115. The van der Waals surface area contributed by atoms with Gasteiger partial charge in [0.15, 0.2) is 5.11 Å². The second-order valence-electron chi connectivity index (χ2n) is 4.62. The Labute approximate surface area is 134 Å². The zero-order chi connectivity index (χ0) is 15.9. The fraction of sp³-hybridized carbons (Fsp3) is 0.125. The normalized spacial score (nSPS) is 10.5. The molecule has 0 aliphatic rings. The molecule has 0 aliphatic carbocycles. The third-order valence-corrected chi connectivity index (χ3v) is 3.07. The second kappa shape index (κ2) is 7.42. The third-order valence-electron chi connectivity index (χ3n) is 2.88. The molecule has 5 nitrogen and oxygen atoms in total. The second-order valence-corrected chi connectivity index (χ2v) is 5.03. The van der Waals surface area contributed by atoms with Crippen molar-refractivity contribution in [3.05, 3.63) is 53.6 Å². The minimum atomic E-state index is 0.115. The SMILES string of the molecule is COc1ccc(O)c(/C=N\NC(=S)Nc2cccc(C)c2)c1. The summed E-state index contributed by atoms with van der Waals surface area (Å²) in [5, 5.41) is 17.1. The van der Waals surface area contributed by atoms with Crippen LogP contribution in [0.15, 0.2) is 47.6 Å². The topological polar surface area (TPSA) is 65.9 Å². The molecule has 0 fully saturated rings.